The maximum atomic E-state index is 5.98. The molecule has 0 saturated heterocycles. The van der Waals surface area contributed by atoms with Gasteiger partial charge in [-0.15, -0.1) is 5.10 Å². The van der Waals surface area contributed by atoms with Gasteiger partial charge in [0.25, 0.3) is 0 Å². The summed E-state index contributed by atoms with van der Waals surface area (Å²) in [6.45, 7) is 0.629. The monoisotopic (exact) mass is 329 g/mol. The molecule has 0 radical (unpaired) electrons. The van der Waals surface area contributed by atoms with E-state index in [4.69, 9.17) is 23.2 Å². The van der Waals surface area contributed by atoms with Crippen LogP contribution in [0.15, 0.2) is 60.9 Å². The lowest BCUT2D eigenvalue weighted by atomic mass is 10.0. The van der Waals surface area contributed by atoms with E-state index in [9.17, 15) is 0 Å². The van der Waals surface area contributed by atoms with Gasteiger partial charge in [0.1, 0.15) is 0 Å². The second kappa shape index (κ2) is 6.77. The third-order valence-corrected chi connectivity index (χ3v) is 3.73. The van der Waals surface area contributed by atoms with Gasteiger partial charge in [-0.25, -0.2) is 4.68 Å². The van der Waals surface area contributed by atoms with Crippen molar-refractivity contribution in [3.8, 4) is 0 Å². The standard InChI is InChI=1S/C17H13Cl2N3/c18-16-5-1-13(2-6-16)11-15(12-22-10-9-20-21-22)14-3-7-17(19)8-4-14/h1-11H,12H2/b15-11-. The molecule has 0 saturated carbocycles. The molecule has 3 aromatic rings. The molecule has 0 fully saturated rings. The SMILES string of the molecule is Clc1ccc(/C=C(/Cn2ccnn2)c2ccc(Cl)cc2)cc1. The van der Waals surface area contributed by atoms with E-state index >= 15 is 0 Å². The molecular formula is C17H13Cl2N3. The summed E-state index contributed by atoms with van der Waals surface area (Å²) in [6.07, 6.45) is 5.62. The van der Waals surface area contributed by atoms with Crippen molar-refractivity contribution in [2.75, 3.05) is 0 Å². The highest BCUT2D eigenvalue weighted by Crippen LogP contribution is 2.22. The molecule has 5 heteroatoms. The van der Waals surface area contributed by atoms with E-state index in [0.717, 1.165) is 26.7 Å². The number of allylic oxidation sites excluding steroid dienone is 1. The second-order valence-electron chi connectivity index (χ2n) is 4.83. The van der Waals surface area contributed by atoms with Gasteiger partial charge in [-0.2, -0.15) is 0 Å². The Morgan fingerprint density at radius 1 is 0.955 bits per heavy atom. The maximum Gasteiger partial charge on any atom is 0.0693 e. The molecule has 0 spiro atoms. The van der Waals surface area contributed by atoms with Gasteiger partial charge in [0, 0.05) is 16.2 Å². The number of nitrogens with zero attached hydrogens (tertiary/aromatic N) is 3. The fourth-order valence-electron chi connectivity index (χ4n) is 2.14. The van der Waals surface area contributed by atoms with Crippen molar-refractivity contribution < 1.29 is 0 Å². The molecule has 110 valence electrons. The molecule has 0 bridgehead atoms. The zero-order chi connectivity index (χ0) is 15.4. The molecule has 1 heterocycles. The highest BCUT2D eigenvalue weighted by Gasteiger charge is 2.05. The highest BCUT2D eigenvalue weighted by atomic mass is 35.5. The smallest absolute Gasteiger partial charge is 0.0693 e. The second-order valence-corrected chi connectivity index (χ2v) is 5.70. The summed E-state index contributed by atoms with van der Waals surface area (Å²) in [5.74, 6) is 0. The third kappa shape index (κ3) is 3.75. The van der Waals surface area contributed by atoms with Crippen LogP contribution >= 0.6 is 23.2 Å². The third-order valence-electron chi connectivity index (χ3n) is 3.23. The van der Waals surface area contributed by atoms with Crippen LogP contribution in [0.1, 0.15) is 11.1 Å². The van der Waals surface area contributed by atoms with Gasteiger partial charge in [0.2, 0.25) is 0 Å². The number of aromatic nitrogens is 3. The Morgan fingerprint density at radius 2 is 1.59 bits per heavy atom. The van der Waals surface area contributed by atoms with E-state index in [2.05, 4.69) is 16.4 Å². The van der Waals surface area contributed by atoms with Gasteiger partial charge in [0.15, 0.2) is 0 Å². The van der Waals surface area contributed by atoms with Crippen molar-refractivity contribution in [1.29, 1.82) is 0 Å². The van der Waals surface area contributed by atoms with Gasteiger partial charge >= 0.3 is 0 Å². The molecule has 0 amide bonds. The molecule has 3 rings (SSSR count). The van der Waals surface area contributed by atoms with Gasteiger partial charge in [0.05, 0.1) is 12.7 Å². The summed E-state index contributed by atoms with van der Waals surface area (Å²) in [5.41, 5.74) is 3.29. The Labute approximate surface area is 138 Å². The summed E-state index contributed by atoms with van der Waals surface area (Å²) in [6, 6.07) is 15.5. The van der Waals surface area contributed by atoms with Crippen molar-refractivity contribution in [1.82, 2.24) is 15.0 Å². The molecule has 0 unspecified atom stereocenters. The first-order chi connectivity index (χ1) is 10.7. The predicted molar refractivity (Wildman–Crippen MR) is 90.8 cm³/mol. The summed E-state index contributed by atoms with van der Waals surface area (Å²) in [5, 5.41) is 9.32. The Kier molecular flexibility index (Phi) is 4.56. The minimum absolute atomic E-state index is 0.629. The van der Waals surface area contributed by atoms with E-state index in [1.54, 1.807) is 10.9 Å². The van der Waals surface area contributed by atoms with E-state index in [-0.39, 0.29) is 0 Å². The van der Waals surface area contributed by atoms with Crippen molar-refractivity contribution in [3.05, 3.63) is 82.1 Å². The molecule has 0 aliphatic rings. The van der Waals surface area contributed by atoms with Crippen LogP contribution in [0, 0.1) is 0 Å². The van der Waals surface area contributed by atoms with Gasteiger partial charge in [-0.3, -0.25) is 0 Å². The van der Waals surface area contributed by atoms with Crippen molar-refractivity contribution in [2.24, 2.45) is 0 Å². The van der Waals surface area contributed by atoms with Gasteiger partial charge in [-0.1, -0.05) is 52.7 Å². The first-order valence-corrected chi connectivity index (χ1v) is 7.52. The van der Waals surface area contributed by atoms with E-state index in [1.165, 1.54) is 0 Å². The van der Waals surface area contributed by atoms with Crippen LogP contribution in [0.4, 0.5) is 0 Å². The molecule has 22 heavy (non-hydrogen) atoms. The fraction of sp³-hybridized carbons (Fsp3) is 0.0588. The topological polar surface area (TPSA) is 30.7 Å². The van der Waals surface area contributed by atoms with Gasteiger partial charge < -0.3 is 0 Å². The summed E-state index contributed by atoms with van der Waals surface area (Å²) < 4.78 is 1.79. The molecule has 2 aromatic carbocycles. The Bertz CT molecular complexity index is 761. The molecule has 0 aliphatic heterocycles. The largest absolute Gasteiger partial charge is 0.248 e. The average Bonchev–Trinajstić information content (AvgIpc) is 3.03. The van der Waals surface area contributed by atoms with E-state index in [1.807, 2.05) is 54.7 Å². The number of halogens is 2. The van der Waals surface area contributed by atoms with Crippen LogP contribution in [-0.4, -0.2) is 15.0 Å². The molecular weight excluding hydrogens is 317 g/mol. The van der Waals surface area contributed by atoms with Crippen LogP contribution in [0.25, 0.3) is 11.6 Å². The quantitative estimate of drug-likeness (QED) is 0.642. The minimum Gasteiger partial charge on any atom is -0.248 e. The lowest BCUT2D eigenvalue weighted by Gasteiger charge is -2.09. The van der Waals surface area contributed by atoms with E-state index < -0.39 is 0 Å². The first kappa shape index (κ1) is 14.8. The summed E-state index contributed by atoms with van der Waals surface area (Å²) in [4.78, 5) is 0. The lowest BCUT2D eigenvalue weighted by Crippen LogP contribution is -2.01. The summed E-state index contributed by atoms with van der Waals surface area (Å²) in [7, 11) is 0. The van der Waals surface area contributed by atoms with Crippen molar-refractivity contribution in [2.45, 2.75) is 6.54 Å². The van der Waals surface area contributed by atoms with Crippen molar-refractivity contribution in [3.63, 3.8) is 0 Å². The van der Waals surface area contributed by atoms with E-state index in [0.29, 0.717) is 6.54 Å². The average molecular weight is 330 g/mol. The van der Waals surface area contributed by atoms with Crippen LogP contribution in [-0.2, 0) is 6.54 Å². The Balaban J connectivity index is 1.98. The zero-order valence-corrected chi connectivity index (χ0v) is 13.2. The fourth-order valence-corrected chi connectivity index (χ4v) is 2.39. The lowest BCUT2D eigenvalue weighted by molar-refractivity contribution is 0.671. The first-order valence-electron chi connectivity index (χ1n) is 6.77. The maximum absolute atomic E-state index is 5.98. The molecule has 0 N–H and O–H groups in total. The van der Waals surface area contributed by atoms with Crippen LogP contribution in [0.5, 0.6) is 0 Å². The normalized spacial score (nSPS) is 11.6. The zero-order valence-electron chi connectivity index (χ0n) is 11.7. The Morgan fingerprint density at radius 3 is 2.18 bits per heavy atom. The summed E-state index contributed by atoms with van der Waals surface area (Å²) >= 11 is 11.9. The molecule has 1 aromatic heterocycles. The van der Waals surface area contributed by atoms with Crippen LogP contribution in [0.3, 0.4) is 0 Å². The predicted octanol–water partition coefficient (Wildman–Crippen LogP) is 4.83. The number of rotatable bonds is 4. The minimum atomic E-state index is 0.629. The number of hydrogen-bond donors (Lipinski definition) is 0. The van der Waals surface area contributed by atoms with Crippen molar-refractivity contribution >= 4 is 34.9 Å². The molecule has 0 aliphatic carbocycles. The molecule has 3 nitrogen and oxygen atoms in total. The molecule has 0 atom stereocenters. The Hall–Kier alpha value is -2.10. The van der Waals surface area contributed by atoms with Crippen LogP contribution < -0.4 is 0 Å². The number of hydrogen-bond acceptors (Lipinski definition) is 2. The van der Waals surface area contributed by atoms with Gasteiger partial charge in [-0.05, 0) is 47.0 Å². The van der Waals surface area contributed by atoms with Crippen LogP contribution in [0.2, 0.25) is 10.0 Å². The number of benzene rings is 2. The highest BCUT2D eigenvalue weighted by molar-refractivity contribution is 6.30.